The Balaban J connectivity index is 2.50. The standard InChI is InChI=1S/C14H11F3O/c15-14(16,17)13(12-4-2-1-3-5-12)8-6-11(10-18)7-9-13/h1-8,10H,9H2. The zero-order valence-corrected chi connectivity index (χ0v) is 9.45. The van der Waals surface area contributed by atoms with E-state index in [1.165, 1.54) is 24.3 Å². The van der Waals surface area contributed by atoms with E-state index in [4.69, 9.17) is 0 Å². The molecule has 1 aliphatic rings. The van der Waals surface area contributed by atoms with E-state index in [1.807, 2.05) is 0 Å². The minimum absolute atomic E-state index is 0.190. The molecule has 1 aliphatic carbocycles. The van der Waals surface area contributed by atoms with Crippen molar-refractivity contribution in [3.63, 3.8) is 0 Å². The second kappa shape index (κ2) is 4.44. The summed E-state index contributed by atoms with van der Waals surface area (Å²) < 4.78 is 40.0. The number of carbonyl (C=O) groups excluding carboxylic acids is 1. The Morgan fingerprint density at radius 3 is 2.28 bits per heavy atom. The van der Waals surface area contributed by atoms with E-state index in [1.54, 1.807) is 18.2 Å². The molecule has 1 aromatic carbocycles. The Hall–Kier alpha value is -1.84. The molecule has 0 heterocycles. The maximum absolute atomic E-state index is 13.3. The van der Waals surface area contributed by atoms with Crippen LogP contribution in [-0.4, -0.2) is 12.5 Å². The number of benzene rings is 1. The van der Waals surface area contributed by atoms with Crippen molar-refractivity contribution < 1.29 is 18.0 Å². The van der Waals surface area contributed by atoms with Crippen molar-refractivity contribution in [1.82, 2.24) is 0 Å². The molecule has 1 atom stereocenters. The first-order valence-corrected chi connectivity index (χ1v) is 5.46. The molecule has 1 aromatic rings. The number of hydrogen-bond donors (Lipinski definition) is 0. The first kappa shape index (κ1) is 12.6. The van der Waals surface area contributed by atoms with E-state index in [-0.39, 0.29) is 17.6 Å². The summed E-state index contributed by atoms with van der Waals surface area (Å²) in [6, 6.07) is 7.74. The number of hydrogen-bond acceptors (Lipinski definition) is 1. The van der Waals surface area contributed by atoms with Gasteiger partial charge in [-0.1, -0.05) is 48.6 Å². The van der Waals surface area contributed by atoms with Gasteiger partial charge in [-0.05, 0) is 12.0 Å². The third-order valence-electron chi connectivity index (χ3n) is 3.15. The van der Waals surface area contributed by atoms with Gasteiger partial charge >= 0.3 is 6.18 Å². The molecular formula is C14H11F3O. The molecule has 0 bridgehead atoms. The van der Waals surface area contributed by atoms with Crippen molar-refractivity contribution in [3.8, 4) is 0 Å². The summed E-state index contributed by atoms with van der Waals surface area (Å²) in [5.41, 5.74) is -1.55. The predicted octanol–water partition coefficient (Wildman–Crippen LogP) is 3.57. The van der Waals surface area contributed by atoms with Crippen LogP contribution in [0, 0.1) is 0 Å². The van der Waals surface area contributed by atoms with Crippen LogP contribution in [0.3, 0.4) is 0 Å². The third kappa shape index (κ3) is 1.98. The van der Waals surface area contributed by atoms with E-state index >= 15 is 0 Å². The van der Waals surface area contributed by atoms with Crippen molar-refractivity contribution in [2.75, 3.05) is 0 Å². The Kier molecular flexibility index (Phi) is 3.11. The number of carbonyl (C=O) groups is 1. The van der Waals surface area contributed by atoms with Crippen LogP contribution in [-0.2, 0) is 10.2 Å². The molecule has 0 saturated heterocycles. The lowest BCUT2D eigenvalue weighted by Gasteiger charge is -2.34. The SMILES string of the molecule is O=CC1=CCC(c2ccccc2)(C(F)(F)F)C=C1. The van der Waals surface area contributed by atoms with Gasteiger partial charge in [0.2, 0.25) is 0 Å². The maximum Gasteiger partial charge on any atom is 0.402 e. The van der Waals surface area contributed by atoms with Gasteiger partial charge in [0.05, 0.1) is 0 Å². The van der Waals surface area contributed by atoms with Crippen LogP contribution in [0.5, 0.6) is 0 Å². The Labute approximate surface area is 103 Å². The molecule has 0 fully saturated rings. The molecule has 2 rings (SSSR count). The fraction of sp³-hybridized carbons (Fsp3) is 0.214. The molecule has 0 saturated carbocycles. The molecule has 0 radical (unpaired) electrons. The highest BCUT2D eigenvalue weighted by molar-refractivity contribution is 5.78. The van der Waals surface area contributed by atoms with Crippen molar-refractivity contribution in [2.24, 2.45) is 0 Å². The largest absolute Gasteiger partial charge is 0.402 e. The lowest BCUT2D eigenvalue weighted by molar-refractivity contribution is -0.175. The third-order valence-corrected chi connectivity index (χ3v) is 3.15. The van der Waals surface area contributed by atoms with Gasteiger partial charge in [-0.25, -0.2) is 0 Å². The molecular weight excluding hydrogens is 241 g/mol. The van der Waals surface area contributed by atoms with Gasteiger partial charge in [0.1, 0.15) is 11.7 Å². The number of halogens is 3. The molecule has 1 unspecified atom stereocenters. The van der Waals surface area contributed by atoms with Crippen LogP contribution < -0.4 is 0 Å². The highest BCUT2D eigenvalue weighted by Gasteiger charge is 2.53. The fourth-order valence-electron chi connectivity index (χ4n) is 2.06. The Bertz CT molecular complexity index is 500. The van der Waals surface area contributed by atoms with Crippen LogP contribution in [0.2, 0.25) is 0 Å². The zero-order valence-electron chi connectivity index (χ0n) is 9.45. The van der Waals surface area contributed by atoms with E-state index in [9.17, 15) is 18.0 Å². The van der Waals surface area contributed by atoms with Gasteiger partial charge in [0.25, 0.3) is 0 Å². The van der Waals surface area contributed by atoms with Crippen LogP contribution in [0.15, 0.2) is 54.1 Å². The second-order valence-electron chi connectivity index (χ2n) is 4.19. The highest BCUT2D eigenvalue weighted by Crippen LogP contribution is 2.47. The molecule has 18 heavy (non-hydrogen) atoms. The summed E-state index contributed by atoms with van der Waals surface area (Å²) in [6.07, 6.45) is -0.445. The van der Waals surface area contributed by atoms with Gasteiger partial charge in [-0.3, -0.25) is 4.79 Å². The van der Waals surface area contributed by atoms with E-state index < -0.39 is 11.6 Å². The lowest BCUT2D eigenvalue weighted by atomic mass is 9.74. The summed E-state index contributed by atoms with van der Waals surface area (Å²) in [4.78, 5) is 10.6. The fourth-order valence-corrected chi connectivity index (χ4v) is 2.06. The lowest BCUT2D eigenvalue weighted by Crippen LogP contribution is -2.41. The smallest absolute Gasteiger partial charge is 0.298 e. The topological polar surface area (TPSA) is 17.1 Å². The van der Waals surface area contributed by atoms with Crippen molar-refractivity contribution >= 4 is 6.29 Å². The van der Waals surface area contributed by atoms with Gasteiger partial charge in [0, 0.05) is 5.57 Å². The van der Waals surface area contributed by atoms with Gasteiger partial charge in [-0.2, -0.15) is 13.2 Å². The number of aldehydes is 1. The molecule has 94 valence electrons. The van der Waals surface area contributed by atoms with Gasteiger partial charge < -0.3 is 0 Å². The van der Waals surface area contributed by atoms with Crippen molar-refractivity contribution in [3.05, 3.63) is 59.7 Å². The van der Waals surface area contributed by atoms with Crippen molar-refractivity contribution in [1.29, 1.82) is 0 Å². The summed E-state index contributed by atoms with van der Waals surface area (Å²) in [6.45, 7) is 0. The first-order chi connectivity index (χ1) is 8.49. The monoisotopic (exact) mass is 252 g/mol. The molecule has 0 aromatic heterocycles. The van der Waals surface area contributed by atoms with Gasteiger partial charge in [-0.15, -0.1) is 0 Å². The van der Waals surface area contributed by atoms with E-state index in [0.717, 1.165) is 6.08 Å². The van der Waals surface area contributed by atoms with Crippen molar-refractivity contribution in [2.45, 2.75) is 18.0 Å². The Morgan fingerprint density at radius 2 is 1.83 bits per heavy atom. The minimum atomic E-state index is -4.39. The van der Waals surface area contributed by atoms with Crippen LogP contribution in [0.25, 0.3) is 0 Å². The molecule has 0 amide bonds. The summed E-state index contributed by atoms with van der Waals surface area (Å²) in [5.74, 6) is 0. The maximum atomic E-state index is 13.3. The highest BCUT2D eigenvalue weighted by atomic mass is 19.4. The number of alkyl halides is 3. The average Bonchev–Trinajstić information content (AvgIpc) is 2.38. The van der Waals surface area contributed by atoms with Crippen LogP contribution in [0.4, 0.5) is 13.2 Å². The molecule has 0 N–H and O–H groups in total. The van der Waals surface area contributed by atoms with E-state index in [0.29, 0.717) is 6.29 Å². The quantitative estimate of drug-likeness (QED) is 0.735. The summed E-state index contributed by atoms with van der Waals surface area (Å²) in [5, 5.41) is 0. The van der Waals surface area contributed by atoms with Crippen LogP contribution >= 0.6 is 0 Å². The zero-order chi connectivity index (χ0) is 13.2. The molecule has 0 aliphatic heterocycles. The second-order valence-corrected chi connectivity index (χ2v) is 4.19. The van der Waals surface area contributed by atoms with E-state index in [2.05, 4.69) is 0 Å². The Morgan fingerprint density at radius 1 is 1.17 bits per heavy atom. The summed E-state index contributed by atoms with van der Waals surface area (Å²) >= 11 is 0. The summed E-state index contributed by atoms with van der Waals surface area (Å²) in [7, 11) is 0. The minimum Gasteiger partial charge on any atom is -0.298 e. The number of allylic oxidation sites excluding steroid dienone is 4. The van der Waals surface area contributed by atoms with Crippen LogP contribution in [0.1, 0.15) is 12.0 Å². The first-order valence-electron chi connectivity index (χ1n) is 5.46. The number of rotatable bonds is 2. The molecule has 1 nitrogen and oxygen atoms in total. The molecule has 0 spiro atoms. The average molecular weight is 252 g/mol. The van der Waals surface area contributed by atoms with Gasteiger partial charge in [0.15, 0.2) is 0 Å². The normalized spacial score (nSPS) is 23.6. The molecule has 4 heteroatoms. The predicted molar refractivity (Wildman–Crippen MR) is 62.1 cm³/mol.